The Morgan fingerprint density at radius 2 is 1.89 bits per heavy atom. The van der Waals surface area contributed by atoms with Gasteiger partial charge in [0, 0.05) is 6.08 Å². The fourth-order valence-corrected chi connectivity index (χ4v) is 1.13. The zero-order valence-corrected chi connectivity index (χ0v) is 9.69. The Hall–Kier alpha value is -2.02. The van der Waals surface area contributed by atoms with Crippen LogP contribution in [0, 0.1) is 0 Å². The summed E-state index contributed by atoms with van der Waals surface area (Å²) in [6.45, 7) is -0.901. The highest BCUT2D eigenvalue weighted by Crippen LogP contribution is 2.19. The molecule has 0 saturated heterocycles. The van der Waals surface area contributed by atoms with Crippen molar-refractivity contribution in [2.45, 2.75) is 12.3 Å². The first-order chi connectivity index (χ1) is 8.79. The third kappa shape index (κ3) is 5.43. The number of rotatable bonds is 4. The number of benzene rings is 1. The molecule has 7 heteroatoms. The quantitative estimate of drug-likeness (QED) is 0.728. The van der Waals surface area contributed by atoms with Gasteiger partial charge in [0.1, 0.15) is 5.75 Å². The molecule has 1 aromatic carbocycles. The van der Waals surface area contributed by atoms with Crippen molar-refractivity contribution >= 4 is 12.0 Å². The molecular weight excluding hydrogens is 263 g/mol. The average molecular weight is 275 g/mol. The summed E-state index contributed by atoms with van der Waals surface area (Å²) in [4.78, 5) is 11.2. The average Bonchev–Trinajstić information content (AvgIpc) is 2.34. The maximum absolute atomic E-state index is 11.9. The van der Waals surface area contributed by atoms with Gasteiger partial charge in [0.25, 0.3) is 0 Å². The molecule has 3 N–H and O–H groups in total. The van der Waals surface area contributed by atoms with Gasteiger partial charge in [-0.05, 0) is 23.8 Å². The Labute approximate surface area is 107 Å². The zero-order chi connectivity index (χ0) is 14.5. The van der Waals surface area contributed by atoms with Crippen LogP contribution in [0.3, 0.4) is 0 Å². The molecule has 1 aromatic rings. The van der Waals surface area contributed by atoms with Crippen molar-refractivity contribution in [2.75, 3.05) is 6.54 Å². The lowest BCUT2D eigenvalue weighted by molar-refractivity contribution is -0.201. The van der Waals surface area contributed by atoms with E-state index in [9.17, 15) is 18.0 Å². The molecule has 0 bridgehead atoms. The van der Waals surface area contributed by atoms with Crippen LogP contribution in [0.25, 0.3) is 6.08 Å². The number of nitrogens with one attached hydrogen (secondary N) is 1. The number of phenols is 1. The Morgan fingerprint density at radius 3 is 2.42 bits per heavy atom. The minimum absolute atomic E-state index is 0.0647. The number of aromatic hydroxyl groups is 1. The van der Waals surface area contributed by atoms with Gasteiger partial charge in [0.15, 0.2) is 6.10 Å². The van der Waals surface area contributed by atoms with Crippen LogP contribution in [0.15, 0.2) is 30.3 Å². The van der Waals surface area contributed by atoms with Gasteiger partial charge in [0.05, 0.1) is 6.54 Å². The van der Waals surface area contributed by atoms with Crippen LogP contribution in [-0.4, -0.2) is 34.9 Å². The fraction of sp³-hybridized carbons (Fsp3) is 0.250. The molecule has 0 heterocycles. The number of phenolic OH excluding ortho intramolecular Hbond substituents is 1. The molecule has 0 spiro atoms. The summed E-state index contributed by atoms with van der Waals surface area (Å²) in [5.74, 6) is -0.689. The van der Waals surface area contributed by atoms with Gasteiger partial charge >= 0.3 is 6.18 Å². The van der Waals surface area contributed by atoms with E-state index >= 15 is 0 Å². The van der Waals surface area contributed by atoms with Gasteiger partial charge in [-0.2, -0.15) is 13.2 Å². The van der Waals surface area contributed by atoms with Crippen molar-refractivity contribution in [2.24, 2.45) is 0 Å². The largest absolute Gasteiger partial charge is 0.508 e. The first kappa shape index (κ1) is 15.0. The Morgan fingerprint density at radius 1 is 1.32 bits per heavy atom. The second kappa shape index (κ2) is 6.24. The maximum Gasteiger partial charge on any atom is 0.416 e. The van der Waals surface area contributed by atoms with Crippen molar-refractivity contribution in [1.82, 2.24) is 5.32 Å². The van der Waals surface area contributed by atoms with Crippen LogP contribution < -0.4 is 5.32 Å². The zero-order valence-electron chi connectivity index (χ0n) is 9.69. The van der Waals surface area contributed by atoms with Crippen LogP contribution in [-0.2, 0) is 4.79 Å². The van der Waals surface area contributed by atoms with E-state index in [0.717, 1.165) is 6.08 Å². The van der Waals surface area contributed by atoms with Gasteiger partial charge in [-0.25, -0.2) is 0 Å². The maximum atomic E-state index is 11.9. The smallest absolute Gasteiger partial charge is 0.416 e. The number of halogens is 3. The summed E-state index contributed by atoms with van der Waals surface area (Å²) in [5.41, 5.74) is 0.601. The third-order valence-electron chi connectivity index (χ3n) is 2.17. The second-order valence-electron chi connectivity index (χ2n) is 3.73. The highest BCUT2D eigenvalue weighted by Gasteiger charge is 2.37. The predicted octanol–water partition coefficient (Wildman–Crippen LogP) is 1.44. The third-order valence-corrected chi connectivity index (χ3v) is 2.17. The molecule has 0 saturated carbocycles. The molecule has 1 amide bonds. The lowest BCUT2D eigenvalue weighted by atomic mass is 10.2. The molecule has 0 aliphatic rings. The summed E-state index contributed by atoms with van der Waals surface area (Å²) in [6.07, 6.45) is -4.93. The Balaban J connectivity index is 2.45. The fourth-order valence-electron chi connectivity index (χ4n) is 1.13. The van der Waals surface area contributed by atoms with E-state index in [1.165, 1.54) is 30.3 Å². The second-order valence-corrected chi connectivity index (χ2v) is 3.73. The lowest BCUT2D eigenvalue weighted by Crippen LogP contribution is -2.40. The number of carbonyl (C=O) groups excluding carboxylic acids is 1. The first-order valence-electron chi connectivity index (χ1n) is 5.29. The van der Waals surface area contributed by atoms with Crippen molar-refractivity contribution in [3.8, 4) is 5.75 Å². The number of alkyl halides is 3. The van der Waals surface area contributed by atoms with Gasteiger partial charge in [0.2, 0.25) is 5.91 Å². The highest BCUT2D eigenvalue weighted by molar-refractivity contribution is 5.91. The number of hydrogen-bond acceptors (Lipinski definition) is 3. The topological polar surface area (TPSA) is 69.6 Å². The molecule has 0 aliphatic heterocycles. The number of hydrogen-bond donors (Lipinski definition) is 3. The molecule has 0 aromatic heterocycles. The van der Waals surface area contributed by atoms with E-state index in [0.29, 0.717) is 5.56 Å². The van der Waals surface area contributed by atoms with Crippen LogP contribution in [0.1, 0.15) is 5.56 Å². The summed E-state index contributed by atoms with van der Waals surface area (Å²) in [7, 11) is 0. The normalized spacial score (nSPS) is 13.5. The highest BCUT2D eigenvalue weighted by atomic mass is 19.4. The SMILES string of the molecule is O=C(/C=C/c1ccc(O)cc1)NCC(O)C(F)(F)F. The van der Waals surface area contributed by atoms with Crippen LogP contribution in [0.5, 0.6) is 5.75 Å². The molecule has 4 nitrogen and oxygen atoms in total. The Kier molecular flexibility index (Phi) is 4.94. The molecule has 1 unspecified atom stereocenters. The molecule has 0 fully saturated rings. The van der Waals surface area contributed by atoms with Crippen molar-refractivity contribution in [3.63, 3.8) is 0 Å². The van der Waals surface area contributed by atoms with E-state index in [4.69, 9.17) is 10.2 Å². The van der Waals surface area contributed by atoms with Gasteiger partial charge < -0.3 is 15.5 Å². The van der Waals surface area contributed by atoms with E-state index < -0.39 is 24.7 Å². The summed E-state index contributed by atoms with van der Waals surface area (Å²) in [5, 5.41) is 19.6. The number of carbonyl (C=O) groups is 1. The van der Waals surface area contributed by atoms with Crippen molar-refractivity contribution in [1.29, 1.82) is 0 Å². The minimum Gasteiger partial charge on any atom is -0.508 e. The summed E-state index contributed by atoms with van der Waals surface area (Å²) >= 11 is 0. The Bertz CT molecular complexity index is 454. The molecule has 1 atom stereocenters. The van der Waals surface area contributed by atoms with Crippen LogP contribution in [0.2, 0.25) is 0 Å². The monoisotopic (exact) mass is 275 g/mol. The van der Waals surface area contributed by atoms with Crippen LogP contribution >= 0.6 is 0 Å². The van der Waals surface area contributed by atoms with Gasteiger partial charge in [-0.3, -0.25) is 4.79 Å². The molecule has 1 rings (SSSR count). The van der Waals surface area contributed by atoms with Crippen molar-refractivity contribution < 1.29 is 28.2 Å². The minimum atomic E-state index is -4.76. The number of aliphatic hydroxyl groups is 1. The number of amides is 1. The lowest BCUT2D eigenvalue weighted by Gasteiger charge is -2.14. The summed E-state index contributed by atoms with van der Waals surface area (Å²) in [6, 6.07) is 5.88. The van der Waals surface area contributed by atoms with E-state index in [1.807, 2.05) is 5.32 Å². The van der Waals surface area contributed by atoms with E-state index in [2.05, 4.69) is 0 Å². The van der Waals surface area contributed by atoms with E-state index in [1.54, 1.807) is 0 Å². The number of aliphatic hydroxyl groups excluding tert-OH is 1. The van der Waals surface area contributed by atoms with Crippen molar-refractivity contribution in [3.05, 3.63) is 35.9 Å². The first-order valence-corrected chi connectivity index (χ1v) is 5.29. The summed E-state index contributed by atoms with van der Waals surface area (Å²) < 4.78 is 35.8. The molecule has 0 radical (unpaired) electrons. The van der Waals surface area contributed by atoms with E-state index in [-0.39, 0.29) is 5.75 Å². The molecular formula is C12H12F3NO3. The predicted molar refractivity (Wildman–Crippen MR) is 62.2 cm³/mol. The van der Waals surface area contributed by atoms with Gasteiger partial charge in [-0.15, -0.1) is 0 Å². The standard InChI is InChI=1S/C12H12F3NO3/c13-12(14,15)10(18)7-16-11(19)6-3-8-1-4-9(17)5-2-8/h1-6,10,17-18H,7H2,(H,16,19)/b6-3+. The molecule has 19 heavy (non-hydrogen) atoms. The van der Waals surface area contributed by atoms with Gasteiger partial charge in [-0.1, -0.05) is 12.1 Å². The molecule has 104 valence electrons. The molecule has 0 aliphatic carbocycles. The van der Waals surface area contributed by atoms with Crippen LogP contribution in [0.4, 0.5) is 13.2 Å².